The fraction of sp³-hybridized carbons (Fsp3) is 0.227. The van der Waals surface area contributed by atoms with E-state index in [0.717, 1.165) is 22.3 Å². The first-order valence-electron chi connectivity index (χ1n) is 9.03. The van der Waals surface area contributed by atoms with E-state index in [2.05, 4.69) is 16.9 Å². The van der Waals surface area contributed by atoms with Crippen molar-refractivity contribution >= 4 is 18.5 Å². The Hall–Kier alpha value is -3.48. The maximum absolute atomic E-state index is 13.2. The molecule has 0 aliphatic carbocycles. The third-order valence-electron chi connectivity index (χ3n) is 3.99. The number of allylic oxidation sites excluding steroid dienone is 1. The van der Waals surface area contributed by atoms with Gasteiger partial charge in [-0.1, -0.05) is 25.6 Å². The van der Waals surface area contributed by atoms with Crippen LogP contribution in [0.3, 0.4) is 0 Å². The van der Waals surface area contributed by atoms with E-state index >= 15 is 0 Å². The number of hydrogen-bond acceptors (Lipinski definition) is 4. The maximum Gasteiger partial charge on any atom is 0.290 e. The fourth-order valence-electron chi connectivity index (χ4n) is 2.83. The molecule has 0 saturated heterocycles. The smallest absolute Gasteiger partial charge is 0.290 e. The third-order valence-corrected chi connectivity index (χ3v) is 3.99. The van der Waals surface area contributed by atoms with Crippen molar-refractivity contribution in [2.45, 2.75) is 26.7 Å². The third kappa shape index (κ3) is 7.21. The van der Waals surface area contributed by atoms with Crippen LogP contribution in [0, 0.1) is 5.82 Å². The molecule has 0 unspecified atom stereocenters. The summed E-state index contributed by atoms with van der Waals surface area (Å²) in [5.74, 6) is 0.154. The van der Waals surface area contributed by atoms with Crippen LogP contribution in [-0.4, -0.2) is 29.6 Å². The summed E-state index contributed by atoms with van der Waals surface area (Å²) in [5, 5.41) is 9.61. The largest absolute Gasteiger partial charge is 0.492 e. The lowest BCUT2D eigenvalue weighted by atomic mass is 9.93. The molecule has 1 aromatic carbocycles. The van der Waals surface area contributed by atoms with Crippen LogP contribution in [0.4, 0.5) is 4.39 Å². The van der Waals surface area contributed by atoms with Gasteiger partial charge in [0.1, 0.15) is 11.6 Å². The molecule has 6 nitrogen and oxygen atoms in total. The van der Waals surface area contributed by atoms with Crippen molar-refractivity contribution in [2.24, 2.45) is 0 Å². The number of hydrogen-bond donors (Lipinski definition) is 2. The molecule has 0 aliphatic rings. The van der Waals surface area contributed by atoms with Gasteiger partial charge in [-0.05, 0) is 60.2 Å². The van der Waals surface area contributed by atoms with E-state index in [9.17, 15) is 9.18 Å². The number of pyridine rings is 1. The van der Waals surface area contributed by atoms with Gasteiger partial charge in [-0.3, -0.25) is 14.6 Å². The first-order valence-corrected chi connectivity index (χ1v) is 9.03. The molecular weight excluding hydrogens is 375 g/mol. The van der Waals surface area contributed by atoms with Crippen LogP contribution in [0.15, 0.2) is 60.8 Å². The standard InChI is InChI=1S/C21H23FN2O2.CH2O2/c1-4-19(21(24-14-25)15(3)26-5-2)20-10-11-23-13-17(20)12-16-6-8-18(22)9-7-16;2-1-3/h6-11,13-14H,3-5,12H2,1-2H3,(H,24,25);1H,(H,2,3)/b21-19-;. The number of nitrogens with one attached hydrogen (secondary N) is 1. The van der Waals surface area contributed by atoms with Gasteiger partial charge in [-0.25, -0.2) is 4.39 Å². The Morgan fingerprint density at radius 1 is 1.24 bits per heavy atom. The summed E-state index contributed by atoms with van der Waals surface area (Å²) in [6.07, 6.45) is 5.39. The minimum absolute atomic E-state index is 0.250. The average molecular weight is 400 g/mol. The second-order valence-electron chi connectivity index (χ2n) is 5.77. The highest BCUT2D eigenvalue weighted by Gasteiger charge is 2.15. The second kappa shape index (κ2) is 12.8. The van der Waals surface area contributed by atoms with Gasteiger partial charge < -0.3 is 15.2 Å². The molecule has 0 spiro atoms. The molecule has 2 aromatic rings. The minimum Gasteiger partial charge on any atom is -0.492 e. The number of rotatable bonds is 9. The van der Waals surface area contributed by atoms with Crippen molar-refractivity contribution in [3.63, 3.8) is 0 Å². The van der Waals surface area contributed by atoms with Crippen LogP contribution >= 0.6 is 0 Å². The number of benzene rings is 1. The summed E-state index contributed by atoms with van der Waals surface area (Å²) in [4.78, 5) is 23.7. The Kier molecular flexibility index (Phi) is 10.4. The number of carboxylic acid groups (broad SMARTS) is 1. The summed E-state index contributed by atoms with van der Waals surface area (Å²) < 4.78 is 18.7. The van der Waals surface area contributed by atoms with Crippen molar-refractivity contribution in [1.82, 2.24) is 10.3 Å². The van der Waals surface area contributed by atoms with E-state index in [4.69, 9.17) is 14.6 Å². The Labute approximate surface area is 169 Å². The number of ether oxygens (including phenoxy) is 1. The minimum atomic E-state index is -0.264. The Morgan fingerprint density at radius 3 is 2.45 bits per heavy atom. The Bertz CT molecular complexity index is 848. The predicted molar refractivity (Wildman–Crippen MR) is 109 cm³/mol. The van der Waals surface area contributed by atoms with Crippen LogP contribution in [0.25, 0.3) is 5.57 Å². The molecule has 1 aromatic heterocycles. The van der Waals surface area contributed by atoms with Crippen molar-refractivity contribution in [1.29, 1.82) is 0 Å². The Balaban J connectivity index is 0.00000132. The van der Waals surface area contributed by atoms with E-state index in [-0.39, 0.29) is 12.3 Å². The number of carbonyl (C=O) groups is 2. The maximum atomic E-state index is 13.2. The first kappa shape index (κ1) is 23.6. The van der Waals surface area contributed by atoms with Crippen LogP contribution in [-0.2, 0) is 20.7 Å². The van der Waals surface area contributed by atoms with Crippen molar-refractivity contribution in [3.05, 3.63) is 83.3 Å². The van der Waals surface area contributed by atoms with Crippen LogP contribution in [0.2, 0.25) is 0 Å². The molecule has 2 rings (SSSR count). The summed E-state index contributed by atoms with van der Waals surface area (Å²) in [5.41, 5.74) is 4.39. The van der Waals surface area contributed by atoms with Crippen LogP contribution < -0.4 is 5.32 Å². The summed E-state index contributed by atoms with van der Waals surface area (Å²) in [7, 11) is 0. The highest BCUT2D eigenvalue weighted by molar-refractivity contribution is 5.75. The highest BCUT2D eigenvalue weighted by Crippen LogP contribution is 2.28. The molecule has 0 radical (unpaired) electrons. The zero-order valence-electron chi connectivity index (χ0n) is 16.5. The predicted octanol–water partition coefficient (Wildman–Crippen LogP) is 3.93. The van der Waals surface area contributed by atoms with Gasteiger partial charge >= 0.3 is 0 Å². The molecule has 0 saturated carbocycles. The lowest BCUT2D eigenvalue weighted by Crippen LogP contribution is -2.16. The van der Waals surface area contributed by atoms with Gasteiger partial charge in [-0.2, -0.15) is 0 Å². The van der Waals surface area contributed by atoms with Crippen molar-refractivity contribution in [3.8, 4) is 0 Å². The molecule has 1 amide bonds. The Morgan fingerprint density at radius 2 is 1.90 bits per heavy atom. The van der Waals surface area contributed by atoms with Crippen molar-refractivity contribution in [2.75, 3.05) is 6.61 Å². The molecule has 1 heterocycles. The summed E-state index contributed by atoms with van der Waals surface area (Å²) >= 11 is 0. The lowest BCUT2D eigenvalue weighted by Gasteiger charge is -2.18. The average Bonchev–Trinajstić information content (AvgIpc) is 2.71. The normalized spacial score (nSPS) is 10.7. The summed E-state index contributed by atoms with van der Waals surface area (Å²) in [6, 6.07) is 8.30. The molecule has 0 atom stereocenters. The molecule has 7 heteroatoms. The quantitative estimate of drug-likeness (QED) is 0.378. The molecular formula is C22H25FN2O4. The monoisotopic (exact) mass is 400 g/mol. The molecule has 29 heavy (non-hydrogen) atoms. The van der Waals surface area contributed by atoms with Gasteiger partial charge in [-0.15, -0.1) is 0 Å². The van der Waals surface area contributed by atoms with Crippen LogP contribution in [0.1, 0.15) is 37.0 Å². The SMILES string of the molecule is C=C(OCC)/C(NC=O)=C(\CC)c1ccncc1Cc1ccc(F)cc1.O=CO. The highest BCUT2D eigenvalue weighted by atomic mass is 19.1. The number of aromatic nitrogens is 1. The van der Waals surface area contributed by atoms with Gasteiger partial charge in [0.05, 0.1) is 12.3 Å². The molecule has 0 aliphatic heterocycles. The summed E-state index contributed by atoms with van der Waals surface area (Å²) in [6.45, 7) is 8.00. The number of nitrogens with zero attached hydrogens (tertiary/aromatic N) is 1. The topological polar surface area (TPSA) is 88.5 Å². The lowest BCUT2D eigenvalue weighted by molar-refractivity contribution is -0.122. The molecule has 2 N–H and O–H groups in total. The second-order valence-corrected chi connectivity index (χ2v) is 5.77. The van der Waals surface area contributed by atoms with E-state index in [1.165, 1.54) is 12.1 Å². The van der Waals surface area contributed by atoms with Gasteiger partial charge in [0, 0.05) is 12.4 Å². The fourth-order valence-corrected chi connectivity index (χ4v) is 2.83. The number of amides is 1. The molecule has 0 fully saturated rings. The van der Waals surface area contributed by atoms with E-state index in [1.807, 2.05) is 19.9 Å². The van der Waals surface area contributed by atoms with E-state index in [1.54, 1.807) is 24.5 Å². The zero-order chi connectivity index (χ0) is 21.6. The first-order chi connectivity index (χ1) is 14.0. The number of carbonyl (C=O) groups excluding carboxylic acids is 1. The van der Waals surface area contributed by atoms with Gasteiger partial charge in [0.25, 0.3) is 6.47 Å². The van der Waals surface area contributed by atoms with Gasteiger partial charge in [0.15, 0.2) is 0 Å². The van der Waals surface area contributed by atoms with Crippen molar-refractivity contribution < 1.29 is 23.8 Å². The van der Waals surface area contributed by atoms with Crippen LogP contribution in [0.5, 0.6) is 0 Å². The molecule has 154 valence electrons. The molecule has 0 bridgehead atoms. The van der Waals surface area contributed by atoms with E-state index in [0.29, 0.717) is 37.3 Å². The van der Waals surface area contributed by atoms with Gasteiger partial charge in [0.2, 0.25) is 6.41 Å². The zero-order valence-corrected chi connectivity index (χ0v) is 16.5. The van der Waals surface area contributed by atoms with E-state index < -0.39 is 0 Å². The number of halogens is 1.